The number of anilines is 1. The maximum Gasteiger partial charge on any atom is 0.182 e. The molecule has 4 nitrogen and oxygen atoms in total. The largest absolute Gasteiger partial charge is 0.365 e. The van der Waals surface area contributed by atoms with Crippen LogP contribution >= 0.6 is 11.3 Å². The summed E-state index contributed by atoms with van der Waals surface area (Å²) in [4.78, 5) is 4.49. The van der Waals surface area contributed by atoms with Crippen molar-refractivity contribution in [1.82, 2.24) is 14.8 Å². The number of nitrogens with one attached hydrogen (secondary N) is 1. The van der Waals surface area contributed by atoms with Crippen molar-refractivity contribution in [2.75, 3.05) is 12.4 Å². The first-order chi connectivity index (χ1) is 7.13. The smallest absolute Gasteiger partial charge is 0.182 e. The molecule has 2 heterocycles. The summed E-state index contributed by atoms with van der Waals surface area (Å²) in [6, 6.07) is 0. The van der Waals surface area contributed by atoms with E-state index in [-0.39, 0.29) is 0 Å². The molecule has 2 rings (SSSR count). The fraction of sp³-hybridized carbons (Fsp3) is 0.400. The lowest BCUT2D eigenvalue weighted by molar-refractivity contribution is 0.731. The Hall–Kier alpha value is -1.36. The van der Waals surface area contributed by atoms with Gasteiger partial charge in [-0.15, -0.1) is 11.3 Å². The molecule has 0 amide bonds. The molecule has 15 heavy (non-hydrogen) atoms. The first-order valence-electron chi connectivity index (χ1n) is 4.77. The Morgan fingerprint density at radius 2 is 2.13 bits per heavy atom. The third-order valence-corrected chi connectivity index (χ3v) is 3.34. The predicted octanol–water partition coefficient (Wildman–Crippen LogP) is 2.20. The van der Waals surface area contributed by atoms with Crippen LogP contribution in [0.15, 0.2) is 5.38 Å². The molecule has 0 saturated heterocycles. The fourth-order valence-corrected chi connectivity index (χ4v) is 2.31. The lowest BCUT2D eigenvalue weighted by atomic mass is 10.1. The third kappa shape index (κ3) is 1.63. The average molecular weight is 222 g/mol. The van der Waals surface area contributed by atoms with E-state index in [0.717, 1.165) is 27.8 Å². The molecular weight excluding hydrogens is 208 g/mol. The SMILES string of the molecule is CNc1nc(-c2c(C)nn(C)c2C)cs1. The second kappa shape index (κ2) is 3.66. The van der Waals surface area contributed by atoms with Crippen molar-refractivity contribution in [3.63, 3.8) is 0 Å². The molecule has 5 heteroatoms. The van der Waals surface area contributed by atoms with Crippen molar-refractivity contribution in [2.45, 2.75) is 13.8 Å². The number of aryl methyl sites for hydroxylation is 2. The Morgan fingerprint density at radius 1 is 1.40 bits per heavy atom. The van der Waals surface area contributed by atoms with Crippen molar-refractivity contribution >= 4 is 16.5 Å². The molecule has 0 spiro atoms. The molecule has 80 valence electrons. The summed E-state index contributed by atoms with van der Waals surface area (Å²) in [5.41, 5.74) is 4.34. The summed E-state index contributed by atoms with van der Waals surface area (Å²) in [5, 5.41) is 10.4. The minimum absolute atomic E-state index is 0.938. The van der Waals surface area contributed by atoms with Gasteiger partial charge in [0.25, 0.3) is 0 Å². The Labute approximate surface area is 93.0 Å². The highest BCUT2D eigenvalue weighted by atomic mass is 32.1. The molecule has 1 N–H and O–H groups in total. The zero-order valence-corrected chi connectivity index (χ0v) is 10.1. The average Bonchev–Trinajstić information content (AvgIpc) is 2.74. The molecule has 0 aliphatic rings. The third-order valence-electron chi connectivity index (χ3n) is 2.48. The number of nitrogens with zero attached hydrogens (tertiary/aromatic N) is 3. The van der Waals surface area contributed by atoms with E-state index in [1.54, 1.807) is 11.3 Å². The molecule has 0 fully saturated rings. The first kappa shape index (κ1) is 10.2. The van der Waals surface area contributed by atoms with Gasteiger partial charge in [0, 0.05) is 30.7 Å². The van der Waals surface area contributed by atoms with Crippen LogP contribution in [0.1, 0.15) is 11.4 Å². The monoisotopic (exact) mass is 222 g/mol. The molecule has 0 aromatic carbocycles. The lowest BCUT2D eigenvalue weighted by Gasteiger charge is -1.97. The molecule has 0 bridgehead atoms. The zero-order valence-electron chi connectivity index (χ0n) is 9.33. The van der Waals surface area contributed by atoms with Crippen LogP contribution in [0.25, 0.3) is 11.3 Å². The number of thiazole rings is 1. The second-order valence-corrected chi connectivity index (χ2v) is 4.32. The van der Waals surface area contributed by atoms with Gasteiger partial charge in [-0.05, 0) is 13.8 Å². The van der Waals surface area contributed by atoms with E-state index in [9.17, 15) is 0 Å². The highest BCUT2D eigenvalue weighted by Gasteiger charge is 2.14. The first-order valence-corrected chi connectivity index (χ1v) is 5.65. The van der Waals surface area contributed by atoms with Gasteiger partial charge in [0.1, 0.15) is 0 Å². The van der Waals surface area contributed by atoms with Gasteiger partial charge in [-0.3, -0.25) is 4.68 Å². The standard InChI is InChI=1S/C10H14N4S/c1-6-9(7(2)14(4)13-6)8-5-15-10(11-3)12-8/h5H,1-4H3,(H,11,12). The van der Waals surface area contributed by atoms with Gasteiger partial charge >= 0.3 is 0 Å². The molecule has 0 radical (unpaired) electrons. The molecule has 2 aromatic rings. The van der Waals surface area contributed by atoms with E-state index in [1.165, 1.54) is 0 Å². The summed E-state index contributed by atoms with van der Waals surface area (Å²) < 4.78 is 1.89. The molecule has 2 aromatic heterocycles. The Balaban J connectivity index is 2.53. The molecule has 0 atom stereocenters. The molecular formula is C10H14N4S. The van der Waals surface area contributed by atoms with Crippen LogP contribution in [0, 0.1) is 13.8 Å². The van der Waals surface area contributed by atoms with E-state index in [2.05, 4.69) is 27.7 Å². The molecule has 0 saturated carbocycles. The predicted molar refractivity (Wildman–Crippen MR) is 63.3 cm³/mol. The molecule has 0 unspecified atom stereocenters. The van der Waals surface area contributed by atoms with Crippen molar-refractivity contribution < 1.29 is 0 Å². The topological polar surface area (TPSA) is 42.7 Å². The number of hydrogen-bond acceptors (Lipinski definition) is 4. The minimum atomic E-state index is 0.938. The fourth-order valence-electron chi connectivity index (χ4n) is 1.65. The van der Waals surface area contributed by atoms with Crippen molar-refractivity contribution in [3.8, 4) is 11.3 Å². The van der Waals surface area contributed by atoms with Crippen molar-refractivity contribution in [2.24, 2.45) is 7.05 Å². The highest BCUT2D eigenvalue weighted by molar-refractivity contribution is 7.14. The van der Waals surface area contributed by atoms with E-state index < -0.39 is 0 Å². The Bertz CT molecular complexity index is 484. The van der Waals surface area contributed by atoms with Gasteiger partial charge in [-0.2, -0.15) is 5.10 Å². The van der Waals surface area contributed by atoms with E-state index >= 15 is 0 Å². The van der Waals surface area contributed by atoms with E-state index in [1.807, 2.05) is 25.7 Å². The molecule has 0 aliphatic heterocycles. The van der Waals surface area contributed by atoms with E-state index in [4.69, 9.17) is 0 Å². The number of hydrogen-bond donors (Lipinski definition) is 1. The van der Waals surface area contributed by atoms with Crippen LogP contribution in [0.5, 0.6) is 0 Å². The minimum Gasteiger partial charge on any atom is -0.365 e. The van der Waals surface area contributed by atoms with Crippen LogP contribution in [-0.2, 0) is 7.05 Å². The lowest BCUT2D eigenvalue weighted by Crippen LogP contribution is -1.92. The van der Waals surface area contributed by atoms with Gasteiger partial charge < -0.3 is 5.32 Å². The van der Waals surface area contributed by atoms with Crippen LogP contribution in [0.4, 0.5) is 5.13 Å². The summed E-state index contributed by atoms with van der Waals surface area (Å²) in [7, 11) is 3.84. The summed E-state index contributed by atoms with van der Waals surface area (Å²) >= 11 is 1.61. The van der Waals surface area contributed by atoms with Gasteiger partial charge in [0.05, 0.1) is 11.4 Å². The number of aromatic nitrogens is 3. The highest BCUT2D eigenvalue weighted by Crippen LogP contribution is 2.29. The van der Waals surface area contributed by atoms with Gasteiger partial charge in [0.2, 0.25) is 0 Å². The van der Waals surface area contributed by atoms with Gasteiger partial charge in [-0.1, -0.05) is 0 Å². The molecule has 0 aliphatic carbocycles. The van der Waals surface area contributed by atoms with Crippen LogP contribution < -0.4 is 5.32 Å². The maximum atomic E-state index is 4.49. The van der Waals surface area contributed by atoms with Crippen LogP contribution in [0.3, 0.4) is 0 Å². The van der Waals surface area contributed by atoms with Crippen LogP contribution in [-0.4, -0.2) is 21.8 Å². The Morgan fingerprint density at radius 3 is 2.60 bits per heavy atom. The van der Waals surface area contributed by atoms with Crippen molar-refractivity contribution in [3.05, 3.63) is 16.8 Å². The van der Waals surface area contributed by atoms with Gasteiger partial charge in [0.15, 0.2) is 5.13 Å². The zero-order chi connectivity index (χ0) is 11.0. The normalized spacial score (nSPS) is 10.7. The van der Waals surface area contributed by atoms with E-state index in [0.29, 0.717) is 0 Å². The summed E-state index contributed by atoms with van der Waals surface area (Å²) in [6.45, 7) is 4.08. The van der Waals surface area contributed by atoms with Crippen molar-refractivity contribution in [1.29, 1.82) is 0 Å². The quantitative estimate of drug-likeness (QED) is 0.847. The second-order valence-electron chi connectivity index (χ2n) is 3.46. The maximum absolute atomic E-state index is 4.49. The summed E-state index contributed by atoms with van der Waals surface area (Å²) in [6.07, 6.45) is 0. The van der Waals surface area contributed by atoms with Crippen LogP contribution in [0.2, 0.25) is 0 Å². The summed E-state index contributed by atoms with van der Waals surface area (Å²) in [5.74, 6) is 0. The number of rotatable bonds is 2. The Kier molecular flexibility index (Phi) is 2.48. The van der Waals surface area contributed by atoms with Gasteiger partial charge in [-0.25, -0.2) is 4.98 Å².